The number of hydrogen-bond acceptors (Lipinski definition) is 3. The highest BCUT2D eigenvalue weighted by Crippen LogP contribution is 2.50. The lowest BCUT2D eigenvalue weighted by Crippen LogP contribution is -2.53. The van der Waals surface area contributed by atoms with Gasteiger partial charge in [-0.3, -0.25) is 4.72 Å². The number of aliphatic hydroxyl groups is 1. The van der Waals surface area contributed by atoms with Crippen molar-refractivity contribution in [2.24, 2.45) is 0 Å². The summed E-state index contributed by atoms with van der Waals surface area (Å²) in [6.07, 6.45) is -12.1. The van der Waals surface area contributed by atoms with Gasteiger partial charge in [0.05, 0.1) is 0 Å². The van der Waals surface area contributed by atoms with E-state index in [4.69, 9.17) is 5.11 Å². The molecule has 0 heterocycles. The van der Waals surface area contributed by atoms with Gasteiger partial charge in [0.15, 0.2) is 0 Å². The molecule has 0 aromatic heterocycles. The van der Waals surface area contributed by atoms with E-state index in [0.29, 0.717) is 12.1 Å². The van der Waals surface area contributed by atoms with Crippen LogP contribution in [0.4, 0.5) is 36.4 Å². The number of benzene rings is 1. The number of anilines is 1. The van der Waals surface area contributed by atoms with Gasteiger partial charge >= 0.3 is 12.4 Å². The topological polar surface area (TPSA) is 66.4 Å². The maximum Gasteiger partial charge on any atom is 0.430 e. The Morgan fingerprint density at radius 3 is 1.68 bits per heavy atom. The van der Waals surface area contributed by atoms with E-state index in [9.17, 15) is 39.2 Å². The van der Waals surface area contributed by atoms with Crippen LogP contribution >= 0.6 is 0 Å². The predicted molar refractivity (Wildman–Crippen MR) is 61.0 cm³/mol. The first-order valence-electron chi connectivity index (χ1n) is 5.27. The Balaban J connectivity index is 3.27. The van der Waals surface area contributed by atoms with Crippen LogP contribution in [0, 0.1) is 0 Å². The molecule has 0 saturated carbocycles. The van der Waals surface area contributed by atoms with Crippen molar-refractivity contribution in [2.75, 3.05) is 10.7 Å². The predicted octanol–water partition coefficient (Wildman–Crippen LogP) is 2.67. The third kappa shape index (κ3) is 3.43. The number of alkyl halides is 7. The summed E-state index contributed by atoms with van der Waals surface area (Å²) in [6, 6.07) is -0.298. The Morgan fingerprint density at radius 1 is 0.955 bits per heavy atom. The normalized spacial score (nSPS) is 14.0. The maximum atomic E-state index is 12.6. The van der Waals surface area contributed by atoms with Crippen molar-refractivity contribution < 1.29 is 44.3 Å². The molecular weight excluding hydrogens is 347 g/mol. The van der Waals surface area contributed by atoms with Crippen molar-refractivity contribution in [3.05, 3.63) is 29.8 Å². The van der Waals surface area contributed by atoms with Crippen LogP contribution in [0.3, 0.4) is 0 Å². The smallest absolute Gasteiger partial charge is 0.369 e. The fraction of sp³-hybridized carbons (Fsp3) is 0.400. The lowest BCUT2D eigenvalue weighted by molar-refractivity contribution is -0.376. The fourth-order valence-corrected chi connectivity index (χ4v) is 2.02. The van der Waals surface area contributed by atoms with Gasteiger partial charge in [0, 0.05) is 11.3 Å². The zero-order chi connectivity index (χ0) is 17.4. The Bertz CT molecular complexity index is 607. The number of halogens is 7. The molecule has 0 bridgehead atoms. The third-order valence-electron chi connectivity index (χ3n) is 2.54. The monoisotopic (exact) mass is 355 g/mol. The lowest BCUT2D eigenvalue weighted by atomic mass is 9.92. The third-order valence-corrected chi connectivity index (χ3v) is 3.37. The van der Waals surface area contributed by atoms with Crippen LogP contribution in [0.2, 0.25) is 0 Å². The standard InChI is InChI=1S/C10H8F7NO3S/c11-5-22(20,21)18-7-3-1-6(2-4-7)8(19,9(12,13)14)10(15,16)17/h1-4,18-19H,5H2. The first kappa shape index (κ1) is 18.5. The van der Waals surface area contributed by atoms with Gasteiger partial charge in [-0.2, -0.15) is 26.3 Å². The Kier molecular flexibility index (Phi) is 4.68. The van der Waals surface area contributed by atoms with E-state index in [2.05, 4.69) is 0 Å². The van der Waals surface area contributed by atoms with Gasteiger partial charge in [0.1, 0.15) is 0 Å². The molecule has 1 rings (SSSR count). The Morgan fingerprint density at radius 2 is 1.36 bits per heavy atom. The van der Waals surface area contributed by atoms with E-state index in [1.807, 2.05) is 0 Å². The molecule has 0 spiro atoms. The number of rotatable bonds is 4. The second-order valence-electron chi connectivity index (χ2n) is 4.11. The summed E-state index contributed by atoms with van der Waals surface area (Å²) in [5.41, 5.74) is -7.14. The first-order chi connectivity index (χ1) is 9.74. The summed E-state index contributed by atoms with van der Waals surface area (Å²) in [7, 11) is -4.40. The molecule has 0 aliphatic heterocycles. The van der Waals surface area contributed by atoms with Gasteiger partial charge in [-0.05, 0) is 12.1 Å². The van der Waals surface area contributed by atoms with Crippen LogP contribution in [-0.2, 0) is 15.6 Å². The molecule has 0 unspecified atom stereocenters. The molecule has 22 heavy (non-hydrogen) atoms. The zero-order valence-corrected chi connectivity index (χ0v) is 11.2. The summed E-state index contributed by atoms with van der Waals surface area (Å²) in [6.45, 7) is 0. The van der Waals surface area contributed by atoms with Crippen LogP contribution in [0.1, 0.15) is 5.56 Å². The van der Waals surface area contributed by atoms with E-state index in [1.165, 1.54) is 0 Å². The minimum absolute atomic E-state index is 0.233. The molecule has 2 N–H and O–H groups in total. The van der Waals surface area contributed by atoms with Crippen molar-refractivity contribution >= 4 is 15.7 Å². The number of sulfonamides is 1. The van der Waals surface area contributed by atoms with E-state index in [0.717, 1.165) is 0 Å². The first-order valence-corrected chi connectivity index (χ1v) is 6.92. The molecule has 1 aromatic carbocycles. The van der Waals surface area contributed by atoms with Gasteiger partial charge in [0.2, 0.25) is 6.01 Å². The van der Waals surface area contributed by atoms with Crippen molar-refractivity contribution in [2.45, 2.75) is 18.0 Å². The quantitative estimate of drug-likeness (QED) is 0.816. The van der Waals surface area contributed by atoms with Crippen LogP contribution in [-0.4, -0.2) is 31.9 Å². The summed E-state index contributed by atoms with van der Waals surface area (Å²) in [5.74, 6) is 0. The summed E-state index contributed by atoms with van der Waals surface area (Å²) in [5, 5.41) is 9.08. The second-order valence-corrected chi connectivity index (χ2v) is 5.76. The average molecular weight is 355 g/mol. The summed E-state index contributed by atoms with van der Waals surface area (Å²) >= 11 is 0. The lowest BCUT2D eigenvalue weighted by Gasteiger charge is -2.32. The molecule has 1 aromatic rings. The fourth-order valence-electron chi connectivity index (χ4n) is 1.47. The van der Waals surface area contributed by atoms with Gasteiger partial charge in [0.25, 0.3) is 15.6 Å². The average Bonchev–Trinajstić information content (AvgIpc) is 2.35. The van der Waals surface area contributed by atoms with Gasteiger partial charge in [-0.1, -0.05) is 12.1 Å². The Hall–Kier alpha value is -1.56. The van der Waals surface area contributed by atoms with E-state index >= 15 is 0 Å². The zero-order valence-electron chi connectivity index (χ0n) is 10.3. The van der Waals surface area contributed by atoms with Crippen LogP contribution in [0.25, 0.3) is 0 Å². The largest absolute Gasteiger partial charge is 0.430 e. The highest BCUT2D eigenvalue weighted by Gasteiger charge is 2.71. The molecule has 4 nitrogen and oxygen atoms in total. The molecule has 12 heteroatoms. The number of nitrogens with one attached hydrogen (secondary N) is 1. The highest BCUT2D eigenvalue weighted by atomic mass is 32.2. The molecule has 0 saturated heterocycles. The molecular formula is C10H8F7NO3S. The second kappa shape index (κ2) is 5.57. The van der Waals surface area contributed by atoms with Crippen molar-refractivity contribution in [1.29, 1.82) is 0 Å². The van der Waals surface area contributed by atoms with E-state index in [-0.39, 0.29) is 12.1 Å². The van der Waals surface area contributed by atoms with E-state index < -0.39 is 45.2 Å². The molecule has 0 amide bonds. The SMILES string of the molecule is O=S(=O)(CF)Nc1ccc(C(O)(C(F)(F)F)C(F)(F)F)cc1. The minimum Gasteiger partial charge on any atom is -0.369 e. The van der Waals surface area contributed by atoms with Gasteiger partial charge < -0.3 is 5.11 Å². The van der Waals surface area contributed by atoms with Crippen molar-refractivity contribution in [3.63, 3.8) is 0 Å². The van der Waals surface area contributed by atoms with Crippen LogP contribution in [0.15, 0.2) is 24.3 Å². The van der Waals surface area contributed by atoms with Crippen LogP contribution in [0.5, 0.6) is 0 Å². The van der Waals surface area contributed by atoms with E-state index in [1.54, 1.807) is 4.72 Å². The molecule has 0 fully saturated rings. The highest BCUT2D eigenvalue weighted by molar-refractivity contribution is 7.92. The van der Waals surface area contributed by atoms with Gasteiger partial charge in [-0.25, -0.2) is 12.8 Å². The Labute approximate surface area is 119 Å². The molecule has 0 aliphatic rings. The van der Waals surface area contributed by atoms with Crippen molar-refractivity contribution in [1.82, 2.24) is 0 Å². The molecule has 0 atom stereocenters. The summed E-state index contributed by atoms with van der Waals surface area (Å²) < 4.78 is 111. The maximum absolute atomic E-state index is 12.6. The number of hydrogen-bond donors (Lipinski definition) is 2. The molecule has 126 valence electrons. The molecule has 0 radical (unpaired) electrons. The van der Waals surface area contributed by atoms with Crippen LogP contribution < -0.4 is 4.72 Å². The van der Waals surface area contributed by atoms with Gasteiger partial charge in [-0.15, -0.1) is 0 Å². The molecule has 0 aliphatic carbocycles. The van der Waals surface area contributed by atoms with Crippen molar-refractivity contribution in [3.8, 4) is 0 Å². The minimum atomic E-state index is -6.05. The summed E-state index contributed by atoms with van der Waals surface area (Å²) in [4.78, 5) is 0.